The van der Waals surface area contributed by atoms with E-state index in [4.69, 9.17) is 14.5 Å². The highest BCUT2D eigenvalue weighted by molar-refractivity contribution is 7.99. The Kier molecular flexibility index (Phi) is 7.26. The molecular formula is C25H30N2O4S2. The summed E-state index contributed by atoms with van der Waals surface area (Å²) in [5, 5.41) is 1.17. The number of fused-ring (bicyclic) bond motifs is 3. The molecule has 1 aromatic carbocycles. The molecule has 2 aromatic heterocycles. The summed E-state index contributed by atoms with van der Waals surface area (Å²) in [4.78, 5) is 32.7. The molecule has 0 N–H and O–H groups in total. The van der Waals surface area contributed by atoms with Gasteiger partial charge in [-0.1, -0.05) is 49.2 Å². The molecule has 0 spiro atoms. The van der Waals surface area contributed by atoms with Gasteiger partial charge in [0.2, 0.25) is 0 Å². The van der Waals surface area contributed by atoms with Gasteiger partial charge in [0.05, 0.1) is 35.6 Å². The van der Waals surface area contributed by atoms with Gasteiger partial charge >= 0.3 is 5.97 Å². The summed E-state index contributed by atoms with van der Waals surface area (Å²) in [5.41, 5.74) is 2.47. The highest BCUT2D eigenvalue weighted by Crippen LogP contribution is 2.38. The van der Waals surface area contributed by atoms with E-state index in [1.54, 1.807) is 4.57 Å². The van der Waals surface area contributed by atoms with Crippen molar-refractivity contribution in [1.29, 1.82) is 0 Å². The molecule has 0 radical (unpaired) electrons. The van der Waals surface area contributed by atoms with Gasteiger partial charge in [-0.05, 0) is 44.9 Å². The molecule has 4 rings (SSSR count). The summed E-state index contributed by atoms with van der Waals surface area (Å²) in [6.45, 7) is 9.12. The number of ether oxygens (including phenoxy) is 2. The SMILES string of the molecule is CCCCCOC(=O)CSc1nc2sc3c(c2c(=O)n1-c1ccc(C)cc1)CC(C)(C)OC3. The normalized spacial score (nSPS) is 14.9. The Hall–Kier alpha value is -2.16. The third-order valence-corrected chi connectivity index (χ3v) is 7.71. The maximum atomic E-state index is 13.8. The third kappa shape index (κ3) is 5.34. The van der Waals surface area contributed by atoms with Crippen molar-refractivity contribution in [3.63, 3.8) is 0 Å². The summed E-state index contributed by atoms with van der Waals surface area (Å²) in [6.07, 6.45) is 3.65. The van der Waals surface area contributed by atoms with Crippen LogP contribution in [0.5, 0.6) is 0 Å². The number of esters is 1. The first-order valence-corrected chi connectivity index (χ1v) is 13.2. The minimum atomic E-state index is -0.322. The van der Waals surface area contributed by atoms with Gasteiger partial charge in [-0.25, -0.2) is 4.98 Å². The lowest BCUT2D eigenvalue weighted by Gasteiger charge is -2.29. The van der Waals surface area contributed by atoms with Crippen LogP contribution in [0.2, 0.25) is 0 Å². The molecule has 0 saturated heterocycles. The summed E-state index contributed by atoms with van der Waals surface area (Å²) >= 11 is 2.76. The number of nitrogens with zero attached hydrogens (tertiary/aromatic N) is 2. The van der Waals surface area contributed by atoms with E-state index in [1.807, 2.05) is 45.0 Å². The average Bonchev–Trinajstić information content (AvgIpc) is 3.13. The van der Waals surface area contributed by atoms with Gasteiger partial charge in [-0.3, -0.25) is 14.2 Å². The number of rotatable bonds is 8. The highest BCUT2D eigenvalue weighted by Gasteiger charge is 2.31. The average molecular weight is 487 g/mol. The predicted molar refractivity (Wildman–Crippen MR) is 134 cm³/mol. The molecule has 6 nitrogen and oxygen atoms in total. The van der Waals surface area contributed by atoms with E-state index in [0.29, 0.717) is 35.0 Å². The van der Waals surface area contributed by atoms with Gasteiger partial charge in [0.25, 0.3) is 5.56 Å². The van der Waals surface area contributed by atoms with Crippen LogP contribution in [0.25, 0.3) is 15.9 Å². The van der Waals surface area contributed by atoms with Gasteiger partial charge < -0.3 is 9.47 Å². The quantitative estimate of drug-likeness (QED) is 0.183. The zero-order valence-corrected chi connectivity index (χ0v) is 21.2. The Labute approximate surface area is 202 Å². The molecule has 1 aliphatic heterocycles. The Morgan fingerprint density at radius 3 is 2.76 bits per heavy atom. The van der Waals surface area contributed by atoms with Crippen LogP contribution in [-0.4, -0.2) is 33.5 Å². The molecule has 33 heavy (non-hydrogen) atoms. The van der Waals surface area contributed by atoms with E-state index in [0.717, 1.165) is 41.0 Å². The van der Waals surface area contributed by atoms with E-state index in [2.05, 4.69) is 6.92 Å². The van der Waals surface area contributed by atoms with Gasteiger partial charge in [0.1, 0.15) is 4.83 Å². The number of thioether (sulfide) groups is 1. The van der Waals surface area contributed by atoms with Gasteiger partial charge in [-0.2, -0.15) is 0 Å². The topological polar surface area (TPSA) is 70.4 Å². The number of hydrogen-bond acceptors (Lipinski definition) is 7. The summed E-state index contributed by atoms with van der Waals surface area (Å²) < 4.78 is 12.9. The Balaban J connectivity index is 1.72. The number of carbonyl (C=O) groups is 1. The van der Waals surface area contributed by atoms with Crippen LogP contribution in [0.15, 0.2) is 34.2 Å². The lowest BCUT2D eigenvalue weighted by atomic mass is 9.94. The fourth-order valence-electron chi connectivity index (χ4n) is 3.90. The van der Waals surface area contributed by atoms with Crippen molar-refractivity contribution >= 4 is 39.3 Å². The van der Waals surface area contributed by atoms with E-state index in [9.17, 15) is 9.59 Å². The van der Waals surface area contributed by atoms with Crippen molar-refractivity contribution in [2.24, 2.45) is 0 Å². The van der Waals surface area contributed by atoms with Crippen molar-refractivity contribution in [3.05, 3.63) is 50.6 Å². The van der Waals surface area contributed by atoms with Crippen molar-refractivity contribution in [2.45, 2.75) is 70.7 Å². The molecule has 0 atom stereocenters. The number of benzene rings is 1. The minimum Gasteiger partial charge on any atom is -0.465 e. The fraction of sp³-hybridized carbons (Fsp3) is 0.480. The monoisotopic (exact) mass is 486 g/mol. The summed E-state index contributed by atoms with van der Waals surface area (Å²) in [5.74, 6) is -0.182. The molecule has 8 heteroatoms. The maximum absolute atomic E-state index is 13.8. The molecule has 0 saturated carbocycles. The molecule has 1 aliphatic rings. The second kappa shape index (κ2) is 9.99. The van der Waals surface area contributed by atoms with Crippen LogP contribution in [0.1, 0.15) is 56.0 Å². The number of aryl methyl sites for hydroxylation is 1. The molecule has 0 unspecified atom stereocenters. The van der Waals surface area contributed by atoms with Gasteiger partial charge in [-0.15, -0.1) is 11.3 Å². The van der Waals surface area contributed by atoms with Gasteiger partial charge in [0, 0.05) is 11.3 Å². The Bertz CT molecular complexity index is 1210. The van der Waals surface area contributed by atoms with Crippen LogP contribution in [0, 0.1) is 6.92 Å². The zero-order valence-electron chi connectivity index (χ0n) is 19.6. The van der Waals surface area contributed by atoms with E-state index in [-0.39, 0.29) is 22.9 Å². The first kappa shape index (κ1) is 24.0. The van der Waals surface area contributed by atoms with E-state index in [1.165, 1.54) is 23.1 Å². The fourth-order valence-corrected chi connectivity index (χ4v) is 5.85. The number of hydrogen-bond donors (Lipinski definition) is 0. The zero-order chi connectivity index (χ0) is 23.6. The standard InChI is InChI=1S/C25H30N2O4S2/c1-5-6-7-12-30-20(28)15-32-24-26-22-21(18-13-25(3,4)31-14-19(18)33-22)23(29)27(24)17-10-8-16(2)9-11-17/h8-11H,5-7,12-15H2,1-4H3. The number of carbonyl (C=O) groups excluding carboxylic acids is 1. The second-order valence-electron chi connectivity index (χ2n) is 9.00. The second-order valence-corrected chi connectivity index (χ2v) is 11.0. The largest absolute Gasteiger partial charge is 0.465 e. The lowest BCUT2D eigenvalue weighted by Crippen LogP contribution is -2.32. The van der Waals surface area contributed by atoms with Crippen LogP contribution >= 0.6 is 23.1 Å². The smallest absolute Gasteiger partial charge is 0.316 e. The first-order valence-electron chi connectivity index (χ1n) is 11.4. The third-order valence-electron chi connectivity index (χ3n) is 5.70. The Morgan fingerprint density at radius 1 is 1.27 bits per heavy atom. The van der Waals surface area contributed by atoms with E-state index < -0.39 is 0 Å². The molecule has 176 valence electrons. The molecule has 0 bridgehead atoms. The molecule has 0 fully saturated rings. The maximum Gasteiger partial charge on any atom is 0.316 e. The molecule has 0 aliphatic carbocycles. The van der Waals surface area contributed by atoms with Crippen LogP contribution in [-0.2, 0) is 27.3 Å². The number of thiophene rings is 1. The van der Waals surface area contributed by atoms with Crippen LogP contribution in [0.4, 0.5) is 0 Å². The minimum absolute atomic E-state index is 0.0992. The van der Waals surface area contributed by atoms with Crippen molar-refractivity contribution in [1.82, 2.24) is 9.55 Å². The van der Waals surface area contributed by atoms with Crippen molar-refractivity contribution in [2.75, 3.05) is 12.4 Å². The van der Waals surface area contributed by atoms with Gasteiger partial charge in [0.15, 0.2) is 5.16 Å². The predicted octanol–water partition coefficient (Wildman–Crippen LogP) is 5.43. The van der Waals surface area contributed by atoms with Crippen molar-refractivity contribution in [3.8, 4) is 5.69 Å². The lowest BCUT2D eigenvalue weighted by molar-refractivity contribution is -0.140. The number of unbranched alkanes of at least 4 members (excludes halogenated alkanes) is 2. The van der Waals surface area contributed by atoms with Crippen LogP contribution < -0.4 is 5.56 Å². The molecule has 0 amide bonds. The molecule has 3 aromatic rings. The molecular weight excluding hydrogens is 456 g/mol. The molecule has 3 heterocycles. The summed E-state index contributed by atoms with van der Waals surface area (Å²) in [7, 11) is 0. The first-order chi connectivity index (χ1) is 15.8. The number of aromatic nitrogens is 2. The van der Waals surface area contributed by atoms with Crippen LogP contribution in [0.3, 0.4) is 0 Å². The van der Waals surface area contributed by atoms with Crippen molar-refractivity contribution < 1.29 is 14.3 Å². The Morgan fingerprint density at radius 2 is 2.03 bits per heavy atom. The van der Waals surface area contributed by atoms with E-state index >= 15 is 0 Å². The highest BCUT2D eigenvalue weighted by atomic mass is 32.2. The summed E-state index contributed by atoms with van der Waals surface area (Å²) in [6, 6.07) is 7.79.